The molecule has 0 bridgehead atoms. The maximum absolute atomic E-state index is 12.3. The number of furan rings is 1. The van der Waals surface area contributed by atoms with Crippen LogP contribution in [0.1, 0.15) is 23.2 Å². The quantitative estimate of drug-likeness (QED) is 0.715. The highest BCUT2D eigenvalue weighted by Gasteiger charge is 2.24. The number of likely N-dealkylation sites (tertiary alicyclic amines) is 1. The first-order valence-electron chi connectivity index (χ1n) is 8.34. The van der Waals surface area contributed by atoms with E-state index in [2.05, 4.69) is 10.3 Å². The van der Waals surface area contributed by atoms with Gasteiger partial charge in [0.25, 0.3) is 5.91 Å². The number of nitrogens with one attached hydrogen (secondary N) is 1. The number of carbonyl (C=O) groups is 1. The van der Waals surface area contributed by atoms with Gasteiger partial charge in [0.05, 0.1) is 11.8 Å². The molecule has 1 aliphatic heterocycles. The summed E-state index contributed by atoms with van der Waals surface area (Å²) in [6.07, 6.45) is 4.76. The van der Waals surface area contributed by atoms with Crippen LogP contribution in [-0.2, 0) is 0 Å². The molecule has 0 atom stereocenters. The Balaban J connectivity index is 1.41. The van der Waals surface area contributed by atoms with Gasteiger partial charge in [-0.2, -0.15) is 0 Å². The molecule has 2 aromatic heterocycles. The molecule has 3 aromatic rings. The summed E-state index contributed by atoms with van der Waals surface area (Å²) in [5.41, 5.74) is 0.606. The number of anilines is 1. The topological polar surface area (TPSA) is 58.4 Å². The van der Waals surface area contributed by atoms with Crippen molar-refractivity contribution in [3.8, 4) is 0 Å². The number of nitrogens with zero attached hydrogens (tertiary/aromatic N) is 2. The van der Waals surface area contributed by atoms with E-state index in [9.17, 15) is 4.79 Å². The number of hydrogen-bond donors (Lipinski definition) is 1. The van der Waals surface area contributed by atoms with Crippen molar-refractivity contribution in [2.45, 2.75) is 18.9 Å². The van der Waals surface area contributed by atoms with E-state index in [1.807, 2.05) is 35.2 Å². The van der Waals surface area contributed by atoms with Gasteiger partial charge in [-0.25, -0.2) is 4.98 Å². The molecule has 128 valence electrons. The number of fused-ring (bicyclic) bond motifs is 1. The van der Waals surface area contributed by atoms with Crippen molar-refractivity contribution in [1.29, 1.82) is 0 Å². The molecule has 6 heteroatoms. The molecule has 25 heavy (non-hydrogen) atoms. The highest BCUT2D eigenvalue weighted by molar-refractivity contribution is 6.34. The van der Waals surface area contributed by atoms with E-state index in [1.165, 1.54) is 12.5 Å². The summed E-state index contributed by atoms with van der Waals surface area (Å²) in [6.45, 7) is 1.42. The van der Waals surface area contributed by atoms with Crippen molar-refractivity contribution in [2.24, 2.45) is 0 Å². The number of halogens is 1. The van der Waals surface area contributed by atoms with Crippen LogP contribution in [0, 0.1) is 0 Å². The van der Waals surface area contributed by atoms with Gasteiger partial charge in [0.2, 0.25) is 0 Å². The minimum Gasteiger partial charge on any atom is -0.472 e. The highest BCUT2D eigenvalue weighted by Crippen LogP contribution is 2.26. The third-order valence-electron chi connectivity index (χ3n) is 4.60. The average molecular weight is 356 g/mol. The Morgan fingerprint density at radius 3 is 2.80 bits per heavy atom. The Morgan fingerprint density at radius 1 is 1.24 bits per heavy atom. The summed E-state index contributed by atoms with van der Waals surface area (Å²) in [5.74, 6) is 0.808. The van der Waals surface area contributed by atoms with Crippen LogP contribution in [-0.4, -0.2) is 34.9 Å². The molecule has 4 rings (SSSR count). The second kappa shape index (κ2) is 6.76. The molecule has 0 unspecified atom stereocenters. The molecular formula is C19H18ClN3O2. The molecule has 1 saturated heterocycles. The summed E-state index contributed by atoms with van der Waals surface area (Å²) in [4.78, 5) is 18.6. The Morgan fingerprint density at radius 2 is 2.04 bits per heavy atom. The Labute approximate surface area is 150 Å². The smallest absolute Gasteiger partial charge is 0.257 e. The first-order chi connectivity index (χ1) is 12.2. The maximum atomic E-state index is 12.3. The van der Waals surface area contributed by atoms with Gasteiger partial charge < -0.3 is 14.6 Å². The van der Waals surface area contributed by atoms with E-state index in [4.69, 9.17) is 16.0 Å². The van der Waals surface area contributed by atoms with Gasteiger partial charge in [0.15, 0.2) is 0 Å². The maximum Gasteiger partial charge on any atom is 0.257 e. The zero-order valence-corrected chi connectivity index (χ0v) is 14.4. The minimum atomic E-state index is 0.0269. The highest BCUT2D eigenvalue weighted by atomic mass is 35.5. The number of benzene rings is 1. The van der Waals surface area contributed by atoms with Gasteiger partial charge in [0.1, 0.15) is 17.2 Å². The first kappa shape index (κ1) is 16.0. The summed E-state index contributed by atoms with van der Waals surface area (Å²) < 4.78 is 4.99. The molecule has 0 radical (unpaired) electrons. The van der Waals surface area contributed by atoms with Crippen LogP contribution in [0.4, 0.5) is 5.82 Å². The number of hydrogen-bond acceptors (Lipinski definition) is 4. The lowest BCUT2D eigenvalue weighted by Gasteiger charge is -2.32. The van der Waals surface area contributed by atoms with Crippen LogP contribution in [0.2, 0.25) is 5.15 Å². The third kappa shape index (κ3) is 3.33. The van der Waals surface area contributed by atoms with Crippen LogP contribution < -0.4 is 5.32 Å². The predicted molar refractivity (Wildman–Crippen MR) is 98.0 cm³/mol. The van der Waals surface area contributed by atoms with Gasteiger partial charge in [0, 0.05) is 24.5 Å². The Hall–Kier alpha value is -2.53. The molecule has 5 nitrogen and oxygen atoms in total. The fourth-order valence-corrected chi connectivity index (χ4v) is 3.50. The second-order valence-corrected chi connectivity index (χ2v) is 6.60. The number of carbonyl (C=O) groups excluding carboxylic acids is 1. The fourth-order valence-electron chi connectivity index (χ4n) is 3.24. The van der Waals surface area contributed by atoms with Crippen molar-refractivity contribution >= 4 is 34.1 Å². The van der Waals surface area contributed by atoms with E-state index >= 15 is 0 Å². The van der Waals surface area contributed by atoms with Crippen LogP contribution in [0.25, 0.3) is 10.8 Å². The molecule has 1 aromatic carbocycles. The molecule has 0 spiro atoms. The molecule has 0 aliphatic carbocycles. The molecule has 0 saturated carbocycles. The van der Waals surface area contributed by atoms with E-state index in [0.29, 0.717) is 23.8 Å². The summed E-state index contributed by atoms with van der Waals surface area (Å²) in [7, 11) is 0. The summed E-state index contributed by atoms with van der Waals surface area (Å²) in [5, 5.41) is 5.98. The standard InChI is InChI=1S/C19H18ClN3O2/c20-18-16-4-2-1-3-13(16)11-17(22-18)21-15-5-8-23(9-6-15)19(24)14-7-10-25-12-14/h1-4,7,10-12,15H,5-6,8-9H2,(H,21,22). The summed E-state index contributed by atoms with van der Waals surface area (Å²) in [6, 6.07) is 11.9. The molecule has 1 amide bonds. The lowest BCUT2D eigenvalue weighted by Crippen LogP contribution is -2.42. The van der Waals surface area contributed by atoms with Gasteiger partial charge in [-0.05, 0) is 30.4 Å². The van der Waals surface area contributed by atoms with Crippen molar-refractivity contribution < 1.29 is 9.21 Å². The van der Waals surface area contributed by atoms with E-state index in [0.717, 1.165) is 29.4 Å². The number of aromatic nitrogens is 1. The van der Waals surface area contributed by atoms with Gasteiger partial charge >= 0.3 is 0 Å². The number of rotatable bonds is 3. The SMILES string of the molecule is O=C(c1ccoc1)N1CCC(Nc2cc3ccccc3c(Cl)n2)CC1. The summed E-state index contributed by atoms with van der Waals surface area (Å²) >= 11 is 6.29. The van der Waals surface area contributed by atoms with Gasteiger partial charge in [-0.15, -0.1) is 0 Å². The monoisotopic (exact) mass is 355 g/mol. The van der Waals surface area contributed by atoms with E-state index < -0.39 is 0 Å². The number of amides is 1. The predicted octanol–water partition coefficient (Wildman–Crippen LogP) is 4.20. The van der Waals surface area contributed by atoms with Crippen molar-refractivity contribution in [2.75, 3.05) is 18.4 Å². The van der Waals surface area contributed by atoms with Crippen molar-refractivity contribution in [1.82, 2.24) is 9.88 Å². The first-order valence-corrected chi connectivity index (χ1v) is 8.72. The molecule has 1 N–H and O–H groups in total. The van der Waals surface area contributed by atoms with Crippen LogP contribution in [0.3, 0.4) is 0 Å². The van der Waals surface area contributed by atoms with E-state index in [-0.39, 0.29) is 11.9 Å². The zero-order valence-electron chi connectivity index (χ0n) is 13.6. The molecule has 3 heterocycles. The largest absolute Gasteiger partial charge is 0.472 e. The Kier molecular flexibility index (Phi) is 4.32. The molecule has 1 aliphatic rings. The van der Waals surface area contributed by atoms with Gasteiger partial charge in [-0.3, -0.25) is 4.79 Å². The number of piperidine rings is 1. The van der Waals surface area contributed by atoms with Crippen molar-refractivity contribution in [3.05, 3.63) is 59.6 Å². The normalized spacial score (nSPS) is 15.5. The minimum absolute atomic E-state index is 0.0269. The average Bonchev–Trinajstić information content (AvgIpc) is 3.16. The van der Waals surface area contributed by atoms with Crippen molar-refractivity contribution in [3.63, 3.8) is 0 Å². The zero-order chi connectivity index (χ0) is 17.2. The third-order valence-corrected chi connectivity index (χ3v) is 4.88. The Bertz CT molecular complexity index is 887. The lowest BCUT2D eigenvalue weighted by molar-refractivity contribution is 0.0717. The molecular weight excluding hydrogens is 338 g/mol. The van der Waals surface area contributed by atoms with Crippen LogP contribution >= 0.6 is 11.6 Å². The molecule has 1 fully saturated rings. The van der Waals surface area contributed by atoms with E-state index in [1.54, 1.807) is 6.07 Å². The van der Waals surface area contributed by atoms with Crippen LogP contribution in [0.5, 0.6) is 0 Å². The fraction of sp³-hybridized carbons (Fsp3) is 0.263. The second-order valence-electron chi connectivity index (χ2n) is 6.24. The van der Waals surface area contributed by atoms with Gasteiger partial charge in [-0.1, -0.05) is 35.9 Å². The number of pyridine rings is 1. The lowest BCUT2D eigenvalue weighted by atomic mass is 10.0. The van der Waals surface area contributed by atoms with Crippen LogP contribution in [0.15, 0.2) is 53.3 Å².